The van der Waals surface area contributed by atoms with Gasteiger partial charge in [-0.25, -0.2) is 4.79 Å². The summed E-state index contributed by atoms with van der Waals surface area (Å²) in [6, 6.07) is 0. The molecule has 0 fully saturated rings. The maximum Gasteiger partial charge on any atom is 0.329 e. The molecule has 0 saturated heterocycles. The second kappa shape index (κ2) is 4.81. The van der Waals surface area contributed by atoms with Crippen molar-refractivity contribution in [2.45, 2.75) is 20.0 Å². The molecule has 0 unspecified atom stereocenters. The third-order valence-electron chi connectivity index (χ3n) is 1.15. The van der Waals surface area contributed by atoms with Crippen LogP contribution in [0.3, 0.4) is 0 Å². The van der Waals surface area contributed by atoms with Gasteiger partial charge >= 0.3 is 5.97 Å². The van der Waals surface area contributed by atoms with E-state index in [-0.39, 0.29) is 12.2 Å². The van der Waals surface area contributed by atoms with E-state index < -0.39 is 14.3 Å². The summed E-state index contributed by atoms with van der Waals surface area (Å²) in [7, 11) is -2.19. The molecule has 0 bridgehead atoms. The van der Waals surface area contributed by atoms with Crippen LogP contribution in [0.2, 0.25) is 13.1 Å². The average molecular weight is 202 g/mol. The van der Waals surface area contributed by atoms with E-state index in [1.165, 1.54) is 6.92 Å². The zero-order valence-electron chi connectivity index (χ0n) is 8.12. The molecule has 0 radical (unpaired) electrons. The molecule has 0 aliphatic heterocycles. The van der Waals surface area contributed by atoms with Crippen LogP contribution < -0.4 is 0 Å². The van der Waals surface area contributed by atoms with E-state index >= 15 is 0 Å². The van der Waals surface area contributed by atoms with Gasteiger partial charge in [-0.15, -0.1) is 0 Å². The molecular formula is C8H14O4Si. The normalized spacial score (nSPS) is 10.4. The molecule has 0 heterocycles. The third kappa shape index (κ3) is 6.09. The quantitative estimate of drug-likeness (QED) is 0.388. The van der Waals surface area contributed by atoms with E-state index in [2.05, 4.69) is 6.58 Å². The minimum Gasteiger partial charge on any atom is -0.516 e. The molecule has 0 atom stereocenters. The van der Waals surface area contributed by atoms with Gasteiger partial charge in [-0.05, 0) is 13.1 Å². The standard InChI is InChI=1S/C8H14O4Si/c1-5-8(10)11-6-13(3,4)12-7(2)9/h5H,1,6H2,2-4H3. The molecule has 13 heavy (non-hydrogen) atoms. The van der Waals surface area contributed by atoms with Gasteiger partial charge in [0.1, 0.15) is 6.23 Å². The molecule has 0 amide bonds. The van der Waals surface area contributed by atoms with E-state index in [1.807, 2.05) is 0 Å². The van der Waals surface area contributed by atoms with E-state index in [9.17, 15) is 9.59 Å². The third-order valence-corrected chi connectivity index (χ3v) is 2.83. The second-order valence-corrected chi connectivity index (χ2v) is 7.18. The van der Waals surface area contributed by atoms with Gasteiger partial charge in [0.2, 0.25) is 0 Å². The lowest BCUT2D eigenvalue weighted by molar-refractivity contribution is -0.138. The monoisotopic (exact) mass is 202 g/mol. The van der Waals surface area contributed by atoms with E-state index in [0.717, 1.165) is 6.08 Å². The Morgan fingerprint density at radius 2 is 2.00 bits per heavy atom. The molecule has 4 nitrogen and oxygen atoms in total. The minimum absolute atomic E-state index is 0.164. The largest absolute Gasteiger partial charge is 0.516 e. The van der Waals surface area contributed by atoms with Crippen LogP contribution in [0, 0.1) is 0 Å². The van der Waals surface area contributed by atoms with Crippen LogP contribution in [0.15, 0.2) is 12.7 Å². The smallest absolute Gasteiger partial charge is 0.329 e. The Hall–Kier alpha value is -1.10. The summed E-state index contributed by atoms with van der Waals surface area (Å²) in [5, 5.41) is 0. The summed E-state index contributed by atoms with van der Waals surface area (Å²) in [5.74, 6) is -0.834. The summed E-state index contributed by atoms with van der Waals surface area (Å²) in [4.78, 5) is 21.3. The Bertz CT molecular complexity index is 222. The van der Waals surface area contributed by atoms with Crippen molar-refractivity contribution in [3.8, 4) is 0 Å². The van der Waals surface area contributed by atoms with Gasteiger partial charge in [0, 0.05) is 13.0 Å². The van der Waals surface area contributed by atoms with Crippen molar-refractivity contribution in [1.29, 1.82) is 0 Å². The molecule has 74 valence electrons. The number of carbonyl (C=O) groups is 2. The molecule has 5 heteroatoms. The zero-order chi connectivity index (χ0) is 10.5. The van der Waals surface area contributed by atoms with E-state index in [4.69, 9.17) is 9.16 Å². The highest BCUT2D eigenvalue weighted by atomic mass is 28.4. The van der Waals surface area contributed by atoms with Crippen LogP contribution in [0.5, 0.6) is 0 Å². The number of ether oxygens (including phenoxy) is 1. The van der Waals surface area contributed by atoms with Gasteiger partial charge < -0.3 is 9.16 Å². The number of esters is 1. The predicted octanol–water partition coefficient (Wildman–Crippen LogP) is 1.02. The second-order valence-electron chi connectivity index (χ2n) is 3.17. The van der Waals surface area contributed by atoms with Crippen molar-refractivity contribution in [1.82, 2.24) is 0 Å². The van der Waals surface area contributed by atoms with Gasteiger partial charge in [0.15, 0.2) is 0 Å². The summed E-state index contributed by atoms with van der Waals surface area (Å²) < 4.78 is 9.81. The van der Waals surface area contributed by atoms with Crippen molar-refractivity contribution >= 4 is 20.3 Å². The maximum atomic E-state index is 10.7. The molecular weight excluding hydrogens is 188 g/mol. The highest BCUT2D eigenvalue weighted by molar-refractivity contribution is 6.72. The van der Waals surface area contributed by atoms with Crippen LogP contribution in [-0.2, 0) is 18.8 Å². The molecule has 0 aliphatic rings. The fourth-order valence-electron chi connectivity index (χ4n) is 0.722. The molecule has 0 N–H and O–H groups in total. The highest BCUT2D eigenvalue weighted by Crippen LogP contribution is 2.05. The van der Waals surface area contributed by atoms with E-state index in [0.29, 0.717) is 0 Å². The lowest BCUT2D eigenvalue weighted by Gasteiger charge is -2.20. The predicted molar refractivity (Wildman–Crippen MR) is 50.4 cm³/mol. The summed E-state index contributed by atoms with van der Waals surface area (Å²) in [5.41, 5.74) is 0. The highest BCUT2D eigenvalue weighted by Gasteiger charge is 2.27. The Kier molecular flexibility index (Phi) is 4.40. The Morgan fingerprint density at radius 3 is 2.38 bits per heavy atom. The Morgan fingerprint density at radius 1 is 1.46 bits per heavy atom. The number of hydrogen-bond donors (Lipinski definition) is 0. The van der Waals surface area contributed by atoms with Crippen molar-refractivity contribution in [3.05, 3.63) is 12.7 Å². The minimum atomic E-state index is -2.19. The fourth-order valence-corrected chi connectivity index (χ4v) is 2.05. The Labute approximate surface area is 78.7 Å². The summed E-state index contributed by atoms with van der Waals surface area (Å²) >= 11 is 0. The van der Waals surface area contributed by atoms with Crippen molar-refractivity contribution in [2.24, 2.45) is 0 Å². The average Bonchev–Trinajstić information content (AvgIpc) is 1.98. The lowest BCUT2D eigenvalue weighted by Crippen LogP contribution is -2.39. The van der Waals surface area contributed by atoms with E-state index in [1.54, 1.807) is 13.1 Å². The molecule has 0 rings (SSSR count). The number of carbonyl (C=O) groups excluding carboxylic acids is 2. The Balaban J connectivity index is 3.95. The van der Waals surface area contributed by atoms with Crippen molar-refractivity contribution < 1.29 is 18.8 Å². The summed E-state index contributed by atoms with van der Waals surface area (Å²) in [6.45, 7) is 8.19. The van der Waals surface area contributed by atoms with Crippen LogP contribution in [-0.4, -0.2) is 26.5 Å². The lowest BCUT2D eigenvalue weighted by atomic mass is 10.7. The van der Waals surface area contributed by atoms with Gasteiger partial charge in [0.25, 0.3) is 14.3 Å². The fraction of sp³-hybridized carbons (Fsp3) is 0.500. The van der Waals surface area contributed by atoms with Gasteiger partial charge in [-0.3, -0.25) is 4.79 Å². The first kappa shape index (κ1) is 11.9. The first-order chi connectivity index (χ1) is 5.87. The van der Waals surface area contributed by atoms with Crippen molar-refractivity contribution in [3.63, 3.8) is 0 Å². The first-order valence-electron chi connectivity index (χ1n) is 3.86. The number of rotatable bonds is 4. The molecule has 0 saturated carbocycles. The molecule has 0 aromatic carbocycles. The van der Waals surface area contributed by atoms with Crippen LogP contribution >= 0.6 is 0 Å². The first-order valence-corrected chi connectivity index (χ1v) is 6.98. The summed E-state index contributed by atoms with van der Waals surface area (Å²) in [6.07, 6.45) is 1.25. The van der Waals surface area contributed by atoms with Crippen LogP contribution in [0.1, 0.15) is 6.92 Å². The molecule has 0 spiro atoms. The SMILES string of the molecule is C=CC(=O)OC[Si](C)(C)OC(C)=O. The maximum absolute atomic E-state index is 10.7. The zero-order valence-corrected chi connectivity index (χ0v) is 9.12. The van der Waals surface area contributed by atoms with Gasteiger partial charge in [0.05, 0.1) is 0 Å². The molecule has 0 aliphatic carbocycles. The molecule has 0 aromatic heterocycles. The molecule has 0 aromatic rings. The van der Waals surface area contributed by atoms with Gasteiger partial charge in [-0.2, -0.15) is 0 Å². The number of hydrogen-bond acceptors (Lipinski definition) is 4. The van der Waals surface area contributed by atoms with Crippen molar-refractivity contribution in [2.75, 3.05) is 6.23 Å². The van der Waals surface area contributed by atoms with Crippen LogP contribution in [0.25, 0.3) is 0 Å². The van der Waals surface area contributed by atoms with Gasteiger partial charge in [-0.1, -0.05) is 6.58 Å². The topological polar surface area (TPSA) is 52.6 Å². The van der Waals surface area contributed by atoms with Crippen LogP contribution in [0.4, 0.5) is 0 Å².